The number of carbonyl (C=O) groups is 4. The Kier molecular flexibility index (Phi) is 5.64. The van der Waals surface area contributed by atoms with Gasteiger partial charge in [0.1, 0.15) is 6.54 Å². The number of nitrogens with one attached hydrogen (secondary N) is 1. The number of urea groups is 1. The van der Waals surface area contributed by atoms with Crippen LogP contribution < -0.4 is 5.32 Å². The molecular formula is C17H23N3O6S. The summed E-state index contributed by atoms with van der Waals surface area (Å²) in [7, 11) is -3.16. The quantitative estimate of drug-likeness (QED) is 0.382. The number of carbonyl (C=O) groups excluding carboxylic acids is 4. The zero-order valence-electron chi connectivity index (χ0n) is 15.0. The van der Waals surface area contributed by atoms with Crippen LogP contribution in [-0.2, 0) is 24.2 Å². The molecule has 0 spiro atoms. The van der Waals surface area contributed by atoms with E-state index < -0.39 is 46.2 Å². The first-order valence-corrected chi connectivity index (χ1v) is 10.9. The summed E-state index contributed by atoms with van der Waals surface area (Å²) < 4.78 is 22.9. The van der Waals surface area contributed by atoms with Crippen LogP contribution in [0.1, 0.15) is 38.5 Å². The molecule has 27 heavy (non-hydrogen) atoms. The summed E-state index contributed by atoms with van der Waals surface area (Å²) in [5, 5.41) is 2.51. The van der Waals surface area contributed by atoms with Crippen LogP contribution >= 0.6 is 0 Å². The second-order valence-corrected chi connectivity index (χ2v) is 9.39. The molecule has 2 heterocycles. The molecule has 1 N–H and O–H groups in total. The zero-order chi connectivity index (χ0) is 19.6. The van der Waals surface area contributed by atoms with Crippen molar-refractivity contribution in [1.29, 1.82) is 0 Å². The van der Waals surface area contributed by atoms with Gasteiger partial charge in [-0.1, -0.05) is 11.6 Å². The summed E-state index contributed by atoms with van der Waals surface area (Å²) in [5.74, 6) is -2.74. The van der Waals surface area contributed by atoms with Gasteiger partial charge >= 0.3 is 17.8 Å². The molecule has 2 fully saturated rings. The van der Waals surface area contributed by atoms with Crippen molar-refractivity contribution in [2.75, 3.05) is 24.6 Å². The van der Waals surface area contributed by atoms with Crippen LogP contribution in [0.2, 0.25) is 0 Å². The van der Waals surface area contributed by atoms with Crippen molar-refractivity contribution in [3.63, 3.8) is 0 Å². The number of imide groups is 2. The molecule has 0 aromatic heterocycles. The van der Waals surface area contributed by atoms with E-state index in [-0.39, 0.29) is 18.1 Å². The van der Waals surface area contributed by atoms with E-state index in [4.69, 9.17) is 0 Å². The molecule has 0 bridgehead atoms. The summed E-state index contributed by atoms with van der Waals surface area (Å²) in [6.07, 6.45) is 7.07. The summed E-state index contributed by atoms with van der Waals surface area (Å²) in [5.41, 5.74) is 1.17. The summed E-state index contributed by atoms with van der Waals surface area (Å²) in [4.78, 5) is 50.1. The first-order valence-electron chi connectivity index (χ1n) is 9.12. The minimum atomic E-state index is -3.16. The molecule has 1 aliphatic carbocycles. The molecule has 5 amide bonds. The van der Waals surface area contributed by atoms with Crippen molar-refractivity contribution in [2.24, 2.45) is 0 Å². The van der Waals surface area contributed by atoms with Crippen molar-refractivity contribution in [2.45, 2.75) is 44.6 Å². The van der Waals surface area contributed by atoms with Crippen LogP contribution in [0.3, 0.4) is 0 Å². The van der Waals surface area contributed by atoms with Crippen molar-refractivity contribution < 1.29 is 27.6 Å². The molecule has 0 saturated carbocycles. The smallest absolute Gasteiger partial charge is 0.334 e. The van der Waals surface area contributed by atoms with Crippen LogP contribution in [0, 0.1) is 0 Å². The standard InChI is InChI=1S/C17H23N3O6S/c21-14(18-13-7-9-27(25,26)11-13)10-20-16(23)15(22)19(17(20)24)8-6-12-4-2-1-3-5-12/h4,13H,1-3,5-11H2,(H,18,21)/t13-/m0/s1. The fourth-order valence-corrected chi connectivity index (χ4v) is 5.27. The molecule has 3 rings (SSSR count). The van der Waals surface area contributed by atoms with E-state index in [0.717, 1.165) is 30.6 Å². The Morgan fingerprint density at radius 3 is 2.52 bits per heavy atom. The van der Waals surface area contributed by atoms with Crippen LogP contribution in [0.4, 0.5) is 4.79 Å². The number of nitrogens with zero attached hydrogens (tertiary/aromatic N) is 2. The highest BCUT2D eigenvalue weighted by atomic mass is 32.2. The Morgan fingerprint density at radius 2 is 1.89 bits per heavy atom. The molecule has 1 atom stereocenters. The highest BCUT2D eigenvalue weighted by molar-refractivity contribution is 7.91. The number of rotatable bonds is 6. The largest absolute Gasteiger partial charge is 0.351 e. The second-order valence-electron chi connectivity index (χ2n) is 7.16. The molecule has 2 saturated heterocycles. The first-order chi connectivity index (χ1) is 12.8. The van der Waals surface area contributed by atoms with Crippen LogP contribution in [0.25, 0.3) is 0 Å². The zero-order valence-corrected chi connectivity index (χ0v) is 15.8. The van der Waals surface area contributed by atoms with Gasteiger partial charge in [0.2, 0.25) is 5.91 Å². The molecule has 9 nitrogen and oxygen atoms in total. The fourth-order valence-electron chi connectivity index (χ4n) is 3.60. The van der Waals surface area contributed by atoms with Crippen LogP contribution in [0.15, 0.2) is 11.6 Å². The van der Waals surface area contributed by atoms with Gasteiger partial charge in [-0.3, -0.25) is 19.3 Å². The van der Waals surface area contributed by atoms with Gasteiger partial charge in [-0.25, -0.2) is 18.1 Å². The molecule has 10 heteroatoms. The van der Waals surface area contributed by atoms with E-state index in [1.54, 1.807) is 0 Å². The average Bonchev–Trinajstić information content (AvgIpc) is 3.06. The Morgan fingerprint density at radius 1 is 1.15 bits per heavy atom. The number of amides is 5. The number of sulfone groups is 1. The van der Waals surface area contributed by atoms with Crippen LogP contribution in [-0.4, -0.2) is 72.6 Å². The topological polar surface area (TPSA) is 121 Å². The normalized spacial score (nSPS) is 25.1. The molecule has 0 aromatic rings. The number of hydrogen-bond acceptors (Lipinski definition) is 6. The molecular weight excluding hydrogens is 374 g/mol. The van der Waals surface area contributed by atoms with Gasteiger partial charge < -0.3 is 5.32 Å². The lowest BCUT2D eigenvalue weighted by Crippen LogP contribution is -2.45. The number of hydrogen-bond donors (Lipinski definition) is 1. The maximum Gasteiger partial charge on any atom is 0.334 e. The third kappa shape index (κ3) is 4.55. The van der Waals surface area contributed by atoms with E-state index >= 15 is 0 Å². The first kappa shape index (κ1) is 19.5. The van der Waals surface area contributed by atoms with E-state index in [1.165, 1.54) is 5.57 Å². The monoisotopic (exact) mass is 397 g/mol. The SMILES string of the molecule is O=C(CN1C(=O)C(=O)N(CCC2=CCCCC2)C1=O)N[C@H]1CCS(=O)(=O)C1. The Balaban J connectivity index is 1.55. The summed E-state index contributed by atoms with van der Waals surface area (Å²) in [6.45, 7) is -0.465. The van der Waals surface area contributed by atoms with Crippen molar-refractivity contribution >= 4 is 33.6 Å². The highest BCUT2D eigenvalue weighted by Crippen LogP contribution is 2.22. The van der Waals surface area contributed by atoms with Gasteiger partial charge in [-0.2, -0.15) is 0 Å². The van der Waals surface area contributed by atoms with E-state index in [0.29, 0.717) is 17.7 Å². The third-order valence-electron chi connectivity index (χ3n) is 5.08. The predicted octanol–water partition coefficient (Wildman–Crippen LogP) is -0.0290. The van der Waals surface area contributed by atoms with E-state index in [1.807, 2.05) is 0 Å². The van der Waals surface area contributed by atoms with Gasteiger partial charge in [0.15, 0.2) is 9.84 Å². The molecule has 0 radical (unpaired) electrons. The van der Waals surface area contributed by atoms with E-state index in [2.05, 4.69) is 11.4 Å². The molecule has 2 aliphatic heterocycles. The van der Waals surface area contributed by atoms with E-state index in [9.17, 15) is 27.6 Å². The lowest BCUT2D eigenvalue weighted by Gasteiger charge is -2.18. The van der Waals surface area contributed by atoms with Crippen LogP contribution in [0.5, 0.6) is 0 Å². The van der Waals surface area contributed by atoms with Gasteiger partial charge in [0.25, 0.3) is 0 Å². The maximum atomic E-state index is 12.4. The predicted molar refractivity (Wildman–Crippen MR) is 95.2 cm³/mol. The second kappa shape index (κ2) is 7.79. The van der Waals surface area contributed by atoms with Gasteiger partial charge in [0.05, 0.1) is 11.5 Å². The summed E-state index contributed by atoms with van der Waals surface area (Å²) in [6, 6.07) is -1.32. The maximum absolute atomic E-state index is 12.4. The fraction of sp³-hybridized carbons (Fsp3) is 0.647. The average molecular weight is 397 g/mol. The van der Waals surface area contributed by atoms with Gasteiger partial charge in [-0.15, -0.1) is 0 Å². The van der Waals surface area contributed by atoms with Crippen molar-refractivity contribution in [1.82, 2.24) is 15.1 Å². The highest BCUT2D eigenvalue weighted by Gasteiger charge is 2.45. The minimum absolute atomic E-state index is 0.00162. The number of allylic oxidation sites excluding steroid dienone is 1. The van der Waals surface area contributed by atoms with Crippen molar-refractivity contribution in [3.8, 4) is 0 Å². The Bertz CT molecular complexity index is 803. The molecule has 0 unspecified atom stereocenters. The Hall–Kier alpha value is -2.23. The molecule has 0 aromatic carbocycles. The minimum Gasteiger partial charge on any atom is -0.351 e. The van der Waals surface area contributed by atoms with Gasteiger partial charge in [-0.05, 0) is 38.5 Å². The third-order valence-corrected chi connectivity index (χ3v) is 6.84. The Labute approximate surface area is 157 Å². The molecule has 148 valence electrons. The van der Waals surface area contributed by atoms with Gasteiger partial charge in [0, 0.05) is 12.6 Å². The lowest BCUT2D eigenvalue weighted by molar-refractivity contribution is -0.144. The lowest BCUT2D eigenvalue weighted by atomic mass is 9.97. The van der Waals surface area contributed by atoms with Crippen molar-refractivity contribution in [3.05, 3.63) is 11.6 Å². The summed E-state index contributed by atoms with van der Waals surface area (Å²) >= 11 is 0. The molecule has 3 aliphatic rings.